The first kappa shape index (κ1) is 10.5. The van der Waals surface area contributed by atoms with E-state index in [1.807, 2.05) is 32.0 Å². The highest BCUT2D eigenvalue weighted by Gasteiger charge is 2.02. The largest absolute Gasteiger partial charge is 0.358 e. The molecule has 83 valence electrons. The molecule has 16 heavy (non-hydrogen) atoms. The van der Waals surface area contributed by atoms with Gasteiger partial charge in [0.2, 0.25) is 0 Å². The van der Waals surface area contributed by atoms with E-state index >= 15 is 0 Å². The van der Waals surface area contributed by atoms with Gasteiger partial charge in [-0.1, -0.05) is 0 Å². The van der Waals surface area contributed by atoms with Crippen LogP contribution in [-0.4, -0.2) is 17.6 Å². The van der Waals surface area contributed by atoms with E-state index in [1.54, 1.807) is 0 Å². The van der Waals surface area contributed by atoms with Gasteiger partial charge in [-0.25, -0.2) is 4.79 Å². The van der Waals surface area contributed by atoms with Crippen LogP contribution in [-0.2, 0) is 0 Å². The summed E-state index contributed by atoms with van der Waals surface area (Å²) in [6.45, 7) is 4.45. The van der Waals surface area contributed by atoms with Gasteiger partial charge in [0.25, 0.3) is 0 Å². The number of rotatable bonds is 2. The summed E-state index contributed by atoms with van der Waals surface area (Å²) in [5, 5.41) is 6.42. The standard InChI is InChI=1S/C12H14N3O/c1-3-13-12(16)15-10-4-5-11-9(7-10)6-8(2)14-11/h4-5,7,14H,3H2,1-2H3,(H2,13,15,16). The highest BCUT2D eigenvalue weighted by atomic mass is 16.2. The summed E-state index contributed by atoms with van der Waals surface area (Å²) >= 11 is 0. The lowest BCUT2D eigenvalue weighted by molar-refractivity contribution is 0.252. The Bertz CT molecular complexity index is 516. The summed E-state index contributed by atoms with van der Waals surface area (Å²) in [5.74, 6) is 0. The van der Waals surface area contributed by atoms with Gasteiger partial charge >= 0.3 is 6.03 Å². The number of H-pyrrole nitrogens is 1. The Labute approximate surface area is 94.0 Å². The molecule has 0 saturated heterocycles. The molecule has 0 aliphatic rings. The molecule has 1 aromatic carbocycles. The number of aromatic amines is 1. The maximum Gasteiger partial charge on any atom is 0.319 e. The molecule has 2 amide bonds. The van der Waals surface area contributed by atoms with Crippen LogP contribution < -0.4 is 10.6 Å². The number of urea groups is 1. The van der Waals surface area contributed by atoms with Crippen LogP contribution in [0.2, 0.25) is 0 Å². The lowest BCUT2D eigenvalue weighted by Gasteiger charge is -2.05. The molecule has 2 aromatic rings. The molecule has 4 heteroatoms. The third-order valence-corrected chi connectivity index (χ3v) is 2.26. The monoisotopic (exact) mass is 216 g/mol. The second-order valence-electron chi connectivity index (χ2n) is 3.62. The van der Waals surface area contributed by atoms with E-state index in [1.165, 1.54) is 0 Å². The van der Waals surface area contributed by atoms with E-state index in [9.17, 15) is 4.79 Å². The van der Waals surface area contributed by atoms with Crippen molar-refractivity contribution in [2.24, 2.45) is 0 Å². The first-order valence-corrected chi connectivity index (χ1v) is 5.25. The van der Waals surface area contributed by atoms with Crippen molar-refractivity contribution in [1.82, 2.24) is 10.3 Å². The van der Waals surface area contributed by atoms with Crippen LogP contribution in [0.5, 0.6) is 0 Å². The minimum Gasteiger partial charge on any atom is -0.358 e. The number of hydrogen-bond acceptors (Lipinski definition) is 1. The minimum atomic E-state index is -0.186. The van der Waals surface area contributed by atoms with Crippen molar-refractivity contribution in [3.8, 4) is 0 Å². The molecule has 0 fully saturated rings. The molecule has 0 bridgehead atoms. The van der Waals surface area contributed by atoms with Crippen molar-refractivity contribution in [1.29, 1.82) is 0 Å². The summed E-state index contributed by atoms with van der Waals surface area (Å²) in [4.78, 5) is 14.5. The average Bonchev–Trinajstić information content (AvgIpc) is 2.57. The van der Waals surface area contributed by atoms with Crippen LogP contribution in [0.15, 0.2) is 18.2 Å². The fourth-order valence-corrected chi connectivity index (χ4v) is 1.61. The third kappa shape index (κ3) is 2.16. The summed E-state index contributed by atoms with van der Waals surface area (Å²) in [6.07, 6.45) is 0. The zero-order valence-corrected chi connectivity index (χ0v) is 9.35. The van der Waals surface area contributed by atoms with Gasteiger partial charge in [-0.05, 0) is 32.0 Å². The Balaban J connectivity index is 2.22. The fourth-order valence-electron chi connectivity index (χ4n) is 1.61. The first-order valence-electron chi connectivity index (χ1n) is 5.25. The second-order valence-corrected chi connectivity index (χ2v) is 3.62. The van der Waals surface area contributed by atoms with Gasteiger partial charge in [0.05, 0.1) is 0 Å². The molecule has 3 N–H and O–H groups in total. The Kier molecular flexibility index (Phi) is 2.81. The molecule has 0 spiro atoms. The maximum absolute atomic E-state index is 11.3. The van der Waals surface area contributed by atoms with Gasteiger partial charge in [-0.15, -0.1) is 0 Å². The number of anilines is 1. The van der Waals surface area contributed by atoms with Crippen LogP contribution >= 0.6 is 0 Å². The predicted molar refractivity (Wildman–Crippen MR) is 64.6 cm³/mol. The SMILES string of the molecule is CCNC(=O)Nc1ccc2[nH]c(C)[c]c2c1. The van der Waals surface area contributed by atoms with Crippen molar-refractivity contribution < 1.29 is 4.79 Å². The molecule has 0 unspecified atom stereocenters. The lowest BCUT2D eigenvalue weighted by Crippen LogP contribution is -2.28. The zero-order valence-electron chi connectivity index (χ0n) is 9.35. The summed E-state index contributed by atoms with van der Waals surface area (Å²) in [6, 6.07) is 8.68. The first-order chi connectivity index (χ1) is 7.69. The number of benzene rings is 1. The van der Waals surface area contributed by atoms with Gasteiger partial charge < -0.3 is 15.6 Å². The van der Waals surface area contributed by atoms with E-state index in [0.29, 0.717) is 6.54 Å². The molecule has 2 rings (SSSR count). The number of carbonyl (C=O) groups excluding carboxylic acids is 1. The van der Waals surface area contributed by atoms with Gasteiger partial charge in [0.1, 0.15) is 0 Å². The quantitative estimate of drug-likeness (QED) is 0.709. The van der Waals surface area contributed by atoms with E-state index in [0.717, 1.165) is 22.3 Å². The number of hydrogen-bond donors (Lipinski definition) is 3. The van der Waals surface area contributed by atoms with Gasteiger partial charge in [0.15, 0.2) is 0 Å². The van der Waals surface area contributed by atoms with Crippen molar-refractivity contribution in [3.05, 3.63) is 30.0 Å². The highest BCUT2D eigenvalue weighted by molar-refractivity contribution is 5.92. The molecule has 0 aliphatic carbocycles. The Morgan fingerprint density at radius 3 is 3.06 bits per heavy atom. The second kappa shape index (κ2) is 4.26. The van der Waals surface area contributed by atoms with E-state index in [-0.39, 0.29) is 6.03 Å². The third-order valence-electron chi connectivity index (χ3n) is 2.26. The minimum absolute atomic E-state index is 0.186. The molecule has 0 atom stereocenters. The van der Waals surface area contributed by atoms with Crippen LogP contribution in [0.3, 0.4) is 0 Å². The topological polar surface area (TPSA) is 56.9 Å². The van der Waals surface area contributed by atoms with E-state index < -0.39 is 0 Å². The molecule has 1 radical (unpaired) electrons. The fraction of sp³-hybridized carbons (Fsp3) is 0.250. The van der Waals surface area contributed by atoms with E-state index in [4.69, 9.17) is 0 Å². The summed E-state index contributed by atoms with van der Waals surface area (Å²) in [5.41, 5.74) is 2.79. The van der Waals surface area contributed by atoms with E-state index in [2.05, 4.69) is 21.7 Å². The number of nitrogens with one attached hydrogen (secondary N) is 3. The normalized spacial score (nSPS) is 10.4. The number of carbonyl (C=O) groups is 1. The number of amides is 2. The number of fused-ring (bicyclic) bond motifs is 1. The maximum atomic E-state index is 11.3. The van der Waals surface area contributed by atoms with Crippen molar-refractivity contribution >= 4 is 22.6 Å². The number of aryl methyl sites for hydroxylation is 1. The summed E-state index contributed by atoms with van der Waals surface area (Å²) < 4.78 is 0. The molecular formula is C12H14N3O. The van der Waals surface area contributed by atoms with Crippen LogP contribution in [0, 0.1) is 13.0 Å². The molecule has 0 saturated carbocycles. The van der Waals surface area contributed by atoms with Gasteiger partial charge in [-0.2, -0.15) is 0 Å². The highest BCUT2D eigenvalue weighted by Crippen LogP contribution is 2.19. The van der Waals surface area contributed by atoms with Crippen LogP contribution in [0.1, 0.15) is 12.6 Å². The van der Waals surface area contributed by atoms with Crippen molar-refractivity contribution in [2.75, 3.05) is 11.9 Å². The van der Waals surface area contributed by atoms with Gasteiger partial charge in [0, 0.05) is 34.9 Å². The predicted octanol–water partition coefficient (Wildman–Crippen LogP) is 2.42. The van der Waals surface area contributed by atoms with Crippen molar-refractivity contribution in [2.45, 2.75) is 13.8 Å². The Hall–Kier alpha value is -1.97. The van der Waals surface area contributed by atoms with Crippen LogP contribution in [0.25, 0.3) is 10.9 Å². The molecular weight excluding hydrogens is 202 g/mol. The van der Waals surface area contributed by atoms with Gasteiger partial charge in [-0.3, -0.25) is 0 Å². The lowest BCUT2D eigenvalue weighted by atomic mass is 10.2. The molecule has 1 aromatic heterocycles. The Morgan fingerprint density at radius 1 is 1.50 bits per heavy atom. The Morgan fingerprint density at radius 2 is 2.31 bits per heavy atom. The number of aromatic nitrogens is 1. The summed E-state index contributed by atoms with van der Waals surface area (Å²) in [7, 11) is 0. The average molecular weight is 216 g/mol. The molecule has 4 nitrogen and oxygen atoms in total. The van der Waals surface area contributed by atoms with Crippen molar-refractivity contribution in [3.63, 3.8) is 0 Å². The molecule has 1 heterocycles. The smallest absolute Gasteiger partial charge is 0.319 e. The molecule has 0 aliphatic heterocycles. The van der Waals surface area contributed by atoms with Crippen LogP contribution in [0.4, 0.5) is 10.5 Å². The zero-order chi connectivity index (χ0) is 11.5.